The second kappa shape index (κ2) is 6.23. The highest BCUT2D eigenvalue weighted by Gasteiger charge is 2.41. The van der Waals surface area contributed by atoms with Gasteiger partial charge in [0, 0.05) is 6.54 Å². The van der Waals surface area contributed by atoms with Gasteiger partial charge in [-0.2, -0.15) is 0 Å². The zero-order valence-electron chi connectivity index (χ0n) is 12.0. The predicted molar refractivity (Wildman–Crippen MR) is 78.3 cm³/mol. The Morgan fingerprint density at radius 3 is 2.90 bits per heavy atom. The lowest BCUT2D eigenvalue weighted by atomic mass is 9.98. The molecule has 0 bridgehead atoms. The molecule has 2 nitrogen and oxygen atoms in total. The van der Waals surface area contributed by atoms with Crippen LogP contribution < -0.4 is 5.32 Å². The van der Waals surface area contributed by atoms with Gasteiger partial charge in [0.1, 0.15) is 5.82 Å². The Labute approximate surface area is 120 Å². The molecule has 1 atom stereocenters. The second-order valence-electron chi connectivity index (χ2n) is 6.25. The zero-order valence-corrected chi connectivity index (χ0v) is 12.0. The second-order valence-corrected chi connectivity index (χ2v) is 6.25. The van der Waals surface area contributed by atoms with Crippen LogP contribution in [0.25, 0.3) is 0 Å². The normalized spacial score (nSPS) is 24.6. The van der Waals surface area contributed by atoms with Gasteiger partial charge >= 0.3 is 0 Å². The van der Waals surface area contributed by atoms with Gasteiger partial charge in [-0.25, -0.2) is 4.39 Å². The van der Waals surface area contributed by atoms with Crippen molar-refractivity contribution in [3.63, 3.8) is 0 Å². The van der Waals surface area contributed by atoms with Crippen LogP contribution >= 0.6 is 0 Å². The standard InChI is InChI=1S/C17H24FNO/c18-15-5-3-4-14(12-15)7-11-19-13-16-6-10-17(20-16)8-1-2-9-17/h3-5,12,16,19H,1-2,6-11,13H2. The highest BCUT2D eigenvalue weighted by Crippen LogP contribution is 2.43. The fourth-order valence-corrected chi connectivity index (χ4v) is 3.61. The molecule has 1 N–H and O–H groups in total. The monoisotopic (exact) mass is 277 g/mol. The maximum atomic E-state index is 13.1. The first kappa shape index (κ1) is 14.0. The zero-order chi connectivity index (χ0) is 13.8. The number of halogens is 1. The first-order valence-corrected chi connectivity index (χ1v) is 7.89. The van der Waals surface area contributed by atoms with Gasteiger partial charge in [-0.05, 0) is 56.3 Å². The summed E-state index contributed by atoms with van der Waals surface area (Å²) >= 11 is 0. The molecule has 1 aliphatic heterocycles. The molecule has 0 radical (unpaired) electrons. The minimum Gasteiger partial charge on any atom is -0.370 e. The molecule has 1 heterocycles. The van der Waals surface area contributed by atoms with E-state index in [4.69, 9.17) is 4.74 Å². The van der Waals surface area contributed by atoms with Crippen LogP contribution in [0.5, 0.6) is 0 Å². The Morgan fingerprint density at radius 2 is 2.10 bits per heavy atom. The molecule has 2 fully saturated rings. The van der Waals surface area contributed by atoms with Gasteiger partial charge < -0.3 is 10.1 Å². The number of hydrogen-bond donors (Lipinski definition) is 1. The third-order valence-electron chi connectivity index (χ3n) is 4.70. The van der Waals surface area contributed by atoms with Crippen molar-refractivity contribution < 1.29 is 9.13 Å². The van der Waals surface area contributed by atoms with E-state index in [1.54, 1.807) is 12.1 Å². The molecule has 2 aliphatic rings. The third-order valence-corrected chi connectivity index (χ3v) is 4.70. The van der Waals surface area contributed by atoms with Crippen LogP contribution in [-0.2, 0) is 11.2 Å². The Morgan fingerprint density at radius 1 is 1.25 bits per heavy atom. The number of benzene rings is 1. The van der Waals surface area contributed by atoms with Gasteiger partial charge in [0.05, 0.1) is 11.7 Å². The summed E-state index contributed by atoms with van der Waals surface area (Å²) in [6.45, 7) is 1.81. The van der Waals surface area contributed by atoms with E-state index in [0.717, 1.165) is 25.1 Å². The van der Waals surface area contributed by atoms with Crippen LogP contribution in [0.2, 0.25) is 0 Å². The molecule has 20 heavy (non-hydrogen) atoms. The minimum atomic E-state index is -0.148. The van der Waals surface area contributed by atoms with E-state index in [1.165, 1.54) is 44.6 Å². The number of rotatable bonds is 5. The lowest BCUT2D eigenvalue weighted by Crippen LogP contribution is -2.31. The van der Waals surface area contributed by atoms with Crippen molar-refractivity contribution in [3.05, 3.63) is 35.6 Å². The fourth-order valence-electron chi connectivity index (χ4n) is 3.61. The Kier molecular flexibility index (Phi) is 4.37. The molecule has 3 heteroatoms. The average molecular weight is 277 g/mol. The van der Waals surface area contributed by atoms with E-state index in [2.05, 4.69) is 5.32 Å². The maximum absolute atomic E-state index is 13.1. The van der Waals surface area contributed by atoms with Crippen LogP contribution in [0.4, 0.5) is 4.39 Å². The summed E-state index contributed by atoms with van der Waals surface area (Å²) in [6.07, 6.45) is 8.85. The van der Waals surface area contributed by atoms with Gasteiger partial charge in [-0.15, -0.1) is 0 Å². The van der Waals surface area contributed by atoms with Crippen molar-refractivity contribution in [2.75, 3.05) is 13.1 Å². The molecule has 1 aliphatic carbocycles. The number of ether oxygens (including phenoxy) is 1. The Hall–Kier alpha value is -0.930. The summed E-state index contributed by atoms with van der Waals surface area (Å²) in [4.78, 5) is 0. The van der Waals surface area contributed by atoms with Crippen LogP contribution in [0, 0.1) is 5.82 Å². The molecule has 0 amide bonds. The van der Waals surface area contributed by atoms with Crippen molar-refractivity contribution in [3.8, 4) is 0 Å². The minimum absolute atomic E-state index is 0.148. The highest BCUT2D eigenvalue weighted by atomic mass is 19.1. The van der Waals surface area contributed by atoms with E-state index in [9.17, 15) is 4.39 Å². The molecule has 1 saturated carbocycles. The smallest absolute Gasteiger partial charge is 0.123 e. The Balaban J connectivity index is 1.36. The van der Waals surface area contributed by atoms with E-state index < -0.39 is 0 Å². The lowest BCUT2D eigenvalue weighted by Gasteiger charge is -2.23. The molecular formula is C17H24FNO. The molecule has 1 unspecified atom stereocenters. The lowest BCUT2D eigenvalue weighted by molar-refractivity contribution is -0.0349. The molecule has 1 aromatic carbocycles. The van der Waals surface area contributed by atoms with Gasteiger partial charge in [0.25, 0.3) is 0 Å². The molecule has 1 saturated heterocycles. The van der Waals surface area contributed by atoms with Crippen LogP contribution in [0.1, 0.15) is 44.1 Å². The summed E-state index contributed by atoms with van der Waals surface area (Å²) in [5.41, 5.74) is 1.28. The van der Waals surface area contributed by atoms with E-state index in [1.807, 2.05) is 6.07 Å². The van der Waals surface area contributed by atoms with Crippen LogP contribution in [0.15, 0.2) is 24.3 Å². The van der Waals surface area contributed by atoms with Crippen molar-refractivity contribution >= 4 is 0 Å². The Bertz CT molecular complexity index is 442. The van der Waals surface area contributed by atoms with E-state index >= 15 is 0 Å². The fraction of sp³-hybridized carbons (Fsp3) is 0.647. The van der Waals surface area contributed by atoms with Crippen molar-refractivity contribution in [1.82, 2.24) is 5.32 Å². The predicted octanol–water partition coefficient (Wildman–Crippen LogP) is 3.45. The van der Waals surface area contributed by atoms with Crippen molar-refractivity contribution in [2.45, 2.75) is 56.7 Å². The van der Waals surface area contributed by atoms with Gasteiger partial charge in [-0.3, -0.25) is 0 Å². The molecule has 3 rings (SSSR count). The summed E-state index contributed by atoms with van der Waals surface area (Å²) in [5, 5.41) is 3.45. The van der Waals surface area contributed by atoms with Crippen molar-refractivity contribution in [1.29, 1.82) is 0 Å². The molecule has 110 valence electrons. The topological polar surface area (TPSA) is 21.3 Å². The van der Waals surface area contributed by atoms with Gasteiger partial charge in [0.15, 0.2) is 0 Å². The summed E-state index contributed by atoms with van der Waals surface area (Å²) in [6, 6.07) is 6.85. The molecule has 1 spiro atoms. The van der Waals surface area contributed by atoms with Gasteiger partial charge in [0.2, 0.25) is 0 Å². The molecule has 1 aromatic rings. The third kappa shape index (κ3) is 3.39. The number of hydrogen-bond acceptors (Lipinski definition) is 2. The van der Waals surface area contributed by atoms with Gasteiger partial charge in [-0.1, -0.05) is 25.0 Å². The van der Waals surface area contributed by atoms with E-state index in [0.29, 0.717) is 6.10 Å². The molecular weight excluding hydrogens is 253 g/mol. The quantitative estimate of drug-likeness (QED) is 0.832. The summed E-state index contributed by atoms with van der Waals surface area (Å²) < 4.78 is 19.3. The van der Waals surface area contributed by atoms with Crippen molar-refractivity contribution in [2.24, 2.45) is 0 Å². The first-order chi connectivity index (χ1) is 9.76. The highest BCUT2D eigenvalue weighted by molar-refractivity contribution is 5.16. The largest absolute Gasteiger partial charge is 0.370 e. The summed E-state index contributed by atoms with van der Waals surface area (Å²) in [5.74, 6) is -0.148. The van der Waals surface area contributed by atoms with Crippen LogP contribution in [-0.4, -0.2) is 24.8 Å². The SMILES string of the molecule is Fc1cccc(CCNCC2CCC3(CCCC3)O2)c1. The first-order valence-electron chi connectivity index (χ1n) is 7.89. The van der Waals surface area contributed by atoms with E-state index in [-0.39, 0.29) is 11.4 Å². The average Bonchev–Trinajstić information content (AvgIpc) is 3.06. The summed E-state index contributed by atoms with van der Waals surface area (Å²) in [7, 11) is 0. The van der Waals surface area contributed by atoms with Crippen LogP contribution in [0.3, 0.4) is 0 Å². The molecule has 0 aromatic heterocycles. The number of nitrogens with one attached hydrogen (secondary N) is 1. The maximum Gasteiger partial charge on any atom is 0.123 e.